The molecule has 1 aliphatic heterocycles. The highest BCUT2D eigenvalue weighted by Gasteiger charge is 2.35. The van der Waals surface area contributed by atoms with Gasteiger partial charge in [0, 0.05) is 56.2 Å². The summed E-state index contributed by atoms with van der Waals surface area (Å²) in [4.78, 5) is 18.1. The topological polar surface area (TPSA) is 72.5 Å². The van der Waals surface area contributed by atoms with Gasteiger partial charge in [0.1, 0.15) is 0 Å². The van der Waals surface area contributed by atoms with Crippen molar-refractivity contribution in [1.82, 2.24) is 15.6 Å². The molecule has 1 saturated heterocycles. The van der Waals surface area contributed by atoms with Crippen molar-refractivity contribution in [3.05, 3.63) is 16.1 Å². The monoisotopic (exact) mass is 381 g/mol. The average molecular weight is 382 g/mol. The van der Waals surface area contributed by atoms with Gasteiger partial charge in [0.25, 0.3) is 0 Å². The van der Waals surface area contributed by atoms with Crippen molar-refractivity contribution in [2.75, 3.05) is 26.9 Å². The minimum Gasteiger partial charge on any atom is -0.381 e. The van der Waals surface area contributed by atoms with Crippen molar-refractivity contribution in [2.45, 2.75) is 63.6 Å². The molecule has 0 spiro atoms. The number of hydrogen-bond acceptors (Lipinski definition) is 6. The second-order valence-corrected chi connectivity index (χ2v) is 8.29. The predicted molar refractivity (Wildman–Crippen MR) is 102 cm³/mol. The fraction of sp³-hybridized carbons (Fsp3) is 0.789. The number of nitrogens with zero attached hydrogens (tertiary/aromatic N) is 1. The summed E-state index contributed by atoms with van der Waals surface area (Å²) in [5.41, 5.74) is 2.94. The summed E-state index contributed by atoms with van der Waals surface area (Å²) in [5.74, 6) is 0.217. The molecule has 2 N–H and O–H groups in total. The van der Waals surface area contributed by atoms with E-state index in [4.69, 9.17) is 9.47 Å². The Morgan fingerprint density at radius 1 is 1.35 bits per heavy atom. The minimum atomic E-state index is 0.0512. The Labute approximate surface area is 160 Å². The number of aryl methyl sites for hydroxylation is 1. The Bertz CT molecular complexity index is 574. The van der Waals surface area contributed by atoms with Crippen molar-refractivity contribution < 1.29 is 14.3 Å². The number of thiazole rings is 1. The highest BCUT2D eigenvalue weighted by Crippen LogP contribution is 2.28. The van der Waals surface area contributed by atoms with E-state index in [0.717, 1.165) is 57.4 Å². The van der Waals surface area contributed by atoms with Crippen LogP contribution in [0.5, 0.6) is 0 Å². The molecule has 1 amide bonds. The second kappa shape index (κ2) is 9.78. The van der Waals surface area contributed by atoms with Crippen LogP contribution < -0.4 is 10.6 Å². The van der Waals surface area contributed by atoms with E-state index in [1.54, 1.807) is 18.4 Å². The third kappa shape index (κ3) is 5.25. The second-order valence-electron chi connectivity index (χ2n) is 7.35. The number of aromatic nitrogens is 1. The number of carbonyl (C=O) groups is 1. The SMILES string of the molecule is CO[C@@H]1C[C@@H](C(=O)NCCc2scnc2C)CC[C@H]1NC1CCOCC1. The maximum atomic E-state index is 12.6. The van der Waals surface area contributed by atoms with Crippen LogP contribution in [0, 0.1) is 12.8 Å². The van der Waals surface area contributed by atoms with Gasteiger partial charge in [-0.05, 0) is 39.0 Å². The summed E-state index contributed by atoms with van der Waals surface area (Å²) in [5, 5.41) is 6.85. The number of hydrogen-bond donors (Lipinski definition) is 2. The van der Waals surface area contributed by atoms with Gasteiger partial charge in [0.15, 0.2) is 0 Å². The van der Waals surface area contributed by atoms with Crippen LogP contribution in [0.2, 0.25) is 0 Å². The van der Waals surface area contributed by atoms with Gasteiger partial charge in [-0.3, -0.25) is 4.79 Å². The summed E-state index contributed by atoms with van der Waals surface area (Å²) in [6, 6.07) is 0.853. The molecule has 3 rings (SSSR count). The Morgan fingerprint density at radius 3 is 2.85 bits per heavy atom. The van der Waals surface area contributed by atoms with Crippen LogP contribution in [-0.2, 0) is 20.7 Å². The maximum Gasteiger partial charge on any atom is 0.223 e. The van der Waals surface area contributed by atoms with Gasteiger partial charge in [0.2, 0.25) is 5.91 Å². The van der Waals surface area contributed by atoms with Gasteiger partial charge in [-0.15, -0.1) is 11.3 Å². The molecule has 26 heavy (non-hydrogen) atoms. The predicted octanol–water partition coefficient (Wildman–Crippen LogP) is 2.06. The molecule has 7 heteroatoms. The molecule has 1 aromatic rings. The lowest BCUT2D eigenvalue weighted by Crippen LogP contribution is -2.52. The number of nitrogens with one attached hydrogen (secondary N) is 2. The zero-order valence-corrected chi connectivity index (χ0v) is 16.6. The molecule has 0 bridgehead atoms. The molecule has 0 aromatic carbocycles. The van der Waals surface area contributed by atoms with Crippen molar-refractivity contribution >= 4 is 17.2 Å². The van der Waals surface area contributed by atoms with E-state index >= 15 is 0 Å². The summed E-state index contributed by atoms with van der Waals surface area (Å²) >= 11 is 1.66. The van der Waals surface area contributed by atoms with E-state index < -0.39 is 0 Å². The van der Waals surface area contributed by atoms with Crippen molar-refractivity contribution in [3.8, 4) is 0 Å². The van der Waals surface area contributed by atoms with Crippen LogP contribution in [0.25, 0.3) is 0 Å². The van der Waals surface area contributed by atoms with Crippen LogP contribution in [-0.4, -0.2) is 55.9 Å². The molecule has 0 unspecified atom stereocenters. The van der Waals surface area contributed by atoms with E-state index in [0.29, 0.717) is 18.6 Å². The molecule has 2 aliphatic rings. The van der Waals surface area contributed by atoms with E-state index in [1.165, 1.54) is 4.88 Å². The normalized spacial score (nSPS) is 27.4. The molecular weight excluding hydrogens is 350 g/mol. The fourth-order valence-electron chi connectivity index (χ4n) is 4.00. The van der Waals surface area contributed by atoms with Crippen LogP contribution in [0.15, 0.2) is 5.51 Å². The Kier molecular flexibility index (Phi) is 7.42. The Balaban J connectivity index is 1.43. The van der Waals surface area contributed by atoms with Gasteiger partial charge in [-0.2, -0.15) is 0 Å². The molecule has 1 saturated carbocycles. The summed E-state index contributed by atoms with van der Waals surface area (Å²) in [6.07, 6.45) is 5.79. The highest BCUT2D eigenvalue weighted by atomic mass is 32.1. The van der Waals surface area contributed by atoms with Crippen molar-refractivity contribution in [1.29, 1.82) is 0 Å². The third-order valence-corrected chi connectivity index (χ3v) is 6.63. The molecule has 1 aliphatic carbocycles. The molecule has 0 radical (unpaired) electrons. The number of amides is 1. The summed E-state index contributed by atoms with van der Waals surface area (Å²) < 4.78 is 11.2. The van der Waals surface area contributed by atoms with Crippen LogP contribution in [0.3, 0.4) is 0 Å². The van der Waals surface area contributed by atoms with E-state index in [2.05, 4.69) is 15.6 Å². The first kappa shape index (κ1) is 19.7. The van der Waals surface area contributed by atoms with Gasteiger partial charge >= 0.3 is 0 Å². The lowest BCUT2D eigenvalue weighted by Gasteiger charge is -2.38. The molecule has 2 heterocycles. The number of ether oxygens (including phenoxy) is 2. The number of methoxy groups -OCH3 is 1. The summed E-state index contributed by atoms with van der Waals surface area (Å²) in [7, 11) is 1.76. The van der Waals surface area contributed by atoms with Crippen LogP contribution >= 0.6 is 11.3 Å². The first-order valence-electron chi connectivity index (χ1n) is 9.70. The van der Waals surface area contributed by atoms with Crippen molar-refractivity contribution in [3.63, 3.8) is 0 Å². The molecule has 1 aromatic heterocycles. The first-order chi connectivity index (χ1) is 12.7. The molecule has 6 nitrogen and oxygen atoms in total. The first-order valence-corrected chi connectivity index (χ1v) is 10.6. The van der Waals surface area contributed by atoms with E-state index in [-0.39, 0.29) is 17.9 Å². The number of carbonyl (C=O) groups excluding carboxylic acids is 1. The molecule has 146 valence electrons. The maximum absolute atomic E-state index is 12.6. The number of rotatable bonds is 7. The van der Waals surface area contributed by atoms with Gasteiger partial charge < -0.3 is 20.1 Å². The lowest BCUT2D eigenvalue weighted by atomic mass is 9.82. The zero-order valence-electron chi connectivity index (χ0n) is 15.8. The average Bonchev–Trinajstić information content (AvgIpc) is 3.07. The largest absolute Gasteiger partial charge is 0.381 e. The van der Waals surface area contributed by atoms with Gasteiger partial charge in [-0.25, -0.2) is 4.98 Å². The van der Waals surface area contributed by atoms with Gasteiger partial charge in [-0.1, -0.05) is 0 Å². The quantitative estimate of drug-likeness (QED) is 0.756. The molecule has 2 fully saturated rings. The fourth-order valence-corrected chi connectivity index (χ4v) is 4.78. The van der Waals surface area contributed by atoms with E-state index in [9.17, 15) is 4.79 Å². The Morgan fingerprint density at radius 2 is 2.15 bits per heavy atom. The van der Waals surface area contributed by atoms with Crippen molar-refractivity contribution in [2.24, 2.45) is 5.92 Å². The summed E-state index contributed by atoms with van der Waals surface area (Å²) in [6.45, 7) is 4.38. The highest BCUT2D eigenvalue weighted by molar-refractivity contribution is 7.09. The smallest absolute Gasteiger partial charge is 0.223 e. The molecular formula is C19H31N3O3S. The lowest BCUT2D eigenvalue weighted by molar-refractivity contribution is -0.128. The van der Waals surface area contributed by atoms with Crippen LogP contribution in [0.4, 0.5) is 0 Å². The minimum absolute atomic E-state index is 0.0512. The van der Waals surface area contributed by atoms with Gasteiger partial charge in [0.05, 0.1) is 17.3 Å². The standard InChI is InChI=1S/C19H31N3O3S/c1-13-18(26-12-21-13)5-8-20-19(23)14-3-4-16(17(11-14)24-2)22-15-6-9-25-10-7-15/h12,14-17,22H,3-11H2,1-2H3,(H,20,23)/t14-,16+,17+/m0/s1. The Hall–Kier alpha value is -1.02. The molecule has 3 atom stereocenters. The van der Waals surface area contributed by atoms with E-state index in [1.807, 2.05) is 12.4 Å². The van der Waals surface area contributed by atoms with Crippen LogP contribution in [0.1, 0.15) is 42.7 Å². The zero-order chi connectivity index (χ0) is 18.4. The third-order valence-electron chi connectivity index (χ3n) is 5.63.